The van der Waals surface area contributed by atoms with E-state index in [1.807, 2.05) is 36.4 Å². The molecule has 0 radical (unpaired) electrons. The van der Waals surface area contributed by atoms with E-state index >= 15 is 0 Å². The molecule has 134 valence electrons. The molecule has 0 aliphatic heterocycles. The van der Waals surface area contributed by atoms with Crippen molar-refractivity contribution in [3.05, 3.63) is 47.5 Å². The standard InChI is InChI=1S/C22H24ClN3/c1-2-3-4-5-6-9-14-26-20-13-12-16(23)15-17(20)21-22(26)25-19-11-8-7-10-18(19)24-21/h7-8,10-13,15H,2-6,9,14H2,1H3. The second-order valence-corrected chi connectivity index (χ2v) is 7.40. The minimum absolute atomic E-state index is 0.742. The summed E-state index contributed by atoms with van der Waals surface area (Å²) in [5, 5.41) is 1.84. The van der Waals surface area contributed by atoms with E-state index in [2.05, 4.69) is 17.6 Å². The van der Waals surface area contributed by atoms with Gasteiger partial charge in [0, 0.05) is 17.0 Å². The van der Waals surface area contributed by atoms with Crippen molar-refractivity contribution in [1.29, 1.82) is 0 Å². The predicted molar refractivity (Wildman–Crippen MR) is 111 cm³/mol. The van der Waals surface area contributed by atoms with E-state index in [1.165, 1.54) is 44.0 Å². The SMILES string of the molecule is CCCCCCCCn1c2ccc(Cl)cc2c2nc3ccccc3nc21. The van der Waals surface area contributed by atoms with Crippen molar-refractivity contribution in [2.24, 2.45) is 0 Å². The zero-order valence-corrected chi connectivity index (χ0v) is 16.0. The van der Waals surface area contributed by atoms with Crippen LogP contribution in [0.4, 0.5) is 0 Å². The van der Waals surface area contributed by atoms with Gasteiger partial charge in [0.05, 0.1) is 16.6 Å². The van der Waals surface area contributed by atoms with Crippen molar-refractivity contribution in [1.82, 2.24) is 14.5 Å². The Balaban J connectivity index is 1.75. The van der Waals surface area contributed by atoms with E-state index in [1.54, 1.807) is 0 Å². The van der Waals surface area contributed by atoms with Gasteiger partial charge in [-0.1, -0.05) is 62.8 Å². The number of benzene rings is 2. The number of fused-ring (bicyclic) bond motifs is 4. The first-order valence-electron chi connectivity index (χ1n) is 9.62. The molecule has 2 heterocycles. The van der Waals surface area contributed by atoms with E-state index in [0.29, 0.717) is 0 Å². The second-order valence-electron chi connectivity index (χ2n) is 6.97. The summed E-state index contributed by atoms with van der Waals surface area (Å²) >= 11 is 6.26. The lowest BCUT2D eigenvalue weighted by Gasteiger charge is -2.07. The van der Waals surface area contributed by atoms with Crippen molar-refractivity contribution in [3.63, 3.8) is 0 Å². The normalized spacial score (nSPS) is 11.8. The minimum atomic E-state index is 0.742. The third-order valence-corrected chi connectivity index (χ3v) is 5.28. The van der Waals surface area contributed by atoms with Crippen LogP contribution in [0.25, 0.3) is 33.1 Å². The molecule has 26 heavy (non-hydrogen) atoms. The van der Waals surface area contributed by atoms with Crippen molar-refractivity contribution in [2.75, 3.05) is 0 Å². The fraction of sp³-hybridized carbons (Fsp3) is 0.364. The van der Waals surface area contributed by atoms with Gasteiger partial charge in [0.2, 0.25) is 0 Å². The van der Waals surface area contributed by atoms with Gasteiger partial charge in [-0.15, -0.1) is 0 Å². The molecule has 0 aliphatic carbocycles. The first kappa shape index (κ1) is 17.3. The highest BCUT2D eigenvalue weighted by atomic mass is 35.5. The first-order valence-corrected chi connectivity index (χ1v) is 10.00. The molecule has 0 unspecified atom stereocenters. The van der Waals surface area contributed by atoms with Gasteiger partial charge in [-0.25, -0.2) is 9.97 Å². The van der Waals surface area contributed by atoms with Crippen molar-refractivity contribution < 1.29 is 0 Å². The molecule has 0 fully saturated rings. The summed E-state index contributed by atoms with van der Waals surface area (Å²) in [6, 6.07) is 14.1. The number of hydrogen-bond donors (Lipinski definition) is 0. The Morgan fingerprint density at radius 2 is 1.62 bits per heavy atom. The number of rotatable bonds is 7. The third kappa shape index (κ3) is 3.28. The molecule has 0 amide bonds. The quantitative estimate of drug-likeness (QED) is 0.339. The van der Waals surface area contributed by atoms with Crippen LogP contribution in [0.15, 0.2) is 42.5 Å². The number of nitrogens with zero attached hydrogens (tertiary/aromatic N) is 3. The fourth-order valence-electron chi connectivity index (χ4n) is 3.68. The van der Waals surface area contributed by atoms with Crippen LogP contribution in [0.2, 0.25) is 5.02 Å². The molecule has 2 aromatic heterocycles. The highest BCUT2D eigenvalue weighted by Crippen LogP contribution is 2.30. The number of hydrogen-bond acceptors (Lipinski definition) is 2. The lowest BCUT2D eigenvalue weighted by molar-refractivity contribution is 0.570. The summed E-state index contributed by atoms with van der Waals surface area (Å²) in [4.78, 5) is 9.82. The molecule has 4 rings (SSSR count). The highest BCUT2D eigenvalue weighted by Gasteiger charge is 2.14. The molecule has 0 aliphatic rings. The van der Waals surface area contributed by atoms with Crippen LogP contribution in [0.1, 0.15) is 45.4 Å². The van der Waals surface area contributed by atoms with E-state index in [4.69, 9.17) is 21.6 Å². The molecule has 0 bridgehead atoms. The Labute approximate surface area is 159 Å². The number of para-hydroxylation sites is 2. The maximum absolute atomic E-state index is 6.26. The molecule has 2 aromatic carbocycles. The first-order chi connectivity index (χ1) is 12.8. The Hall–Kier alpha value is -2.13. The van der Waals surface area contributed by atoms with Crippen molar-refractivity contribution in [3.8, 4) is 0 Å². The topological polar surface area (TPSA) is 30.7 Å². The van der Waals surface area contributed by atoms with E-state index < -0.39 is 0 Å². The van der Waals surface area contributed by atoms with Gasteiger partial charge in [-0.3, -0.25) is 0 Å². The average molecular weight is 366 g/mol. The van der Waals surface area contributed by atoms with Crippen LogP contribution in [-0.4, -0.2) is 14.5 Å². The van der Waals surface area contributed by atoms with Gasteiger partial charge in [-0.2, -0.15) is 0 Å². The van der Waals surface area contributed by atoms with E-state index in [-0.39, 0.29) is 0 Å². The van der Waals surface area contributed by atoms with Gasteiger partial charge in [0.1, 0.15) is 5.52 Å². The number of aryl methyl sites for hydroxylation is 1. The molecular weight excluding hydrogens is 342 g/mol. The Morgan fingerprint density at radius 1 is 0.885 bits per heavy atom. The lowest BCUT2D eigenvalue weighted by Crippen LogP contribution is -2.00. The molecular formula is C22H24ClN3. The van der Waals surface area contributed by atoms with Crippen LogP contribution in [0.3, 0.4) is 0 Å². The Bertz CT molecular complexity index is 1050. The zero-order chi connectivity index (χ0) is 17.9. The number of aromatic nitrogens is 3. The summed E-state index contributed by atoms with van der Waals surface area (Å²) in [6.45, 7) is 3.23. The molecule has 0 N–H and O–H groups in total. The predicted octanol–water partition coefficient (Wildman–Crippen LogP) is 6.75. The number of halogens is 1. The Morgan fingerprint density at radius 3 is 2.42 bits per heavy atom. The van der Waals surface area contributed by atoms with Gasteiger partial charge in [0.15, 0.2) is 5.65 Å². The van der Waals surface area contributed by atoms with Crippen LogP contribution >= 0.6 is 11.6 Å². The number of unbranched alkanes of at least 4 members (excludes halogenated alkanes) is 5. The summed E-state index contributed by atoms with van der Waals surface area (Å²) in [5.41, 5.74) is 4.96. The van der Waals surface area contributed by atoms with Gasteiger partial charge < -0.3 is 4.57 Å². The Kier molecular flexibility index (Phi) is 5.07. The minimum Gasteiger partial charge on any atom is -0.324 e. The summed E-state index contributed by atoms with van der Waals surface area (Å²) in [5.74, 6) is 0. The van der Waals surface area contributed by atoms with Crippen LogP contribution in [-0.2, 0) is 6.54 Å². The maximum atomic E-state index is 6.26. The molecule has 4 aromatic rings. The van der Waals surface area contributed by atoms with Gasteiger partial charge >= 0.3 is 0 Å². The maximum Gasteiger partial charge on any atom is 0.160 e. The van der Waals surface area contributed by atoms with Gasteiger partial charge in [0.25, 0.3) is 0 Å². The van der Waals surface area contributed by atoms with Crippen LogP contribution in [0.5, 0.6) is 0 Å². The molecule has 0 atom stereocenters. The molecule has 0 saturated heterocycles. The third-order valence-electron chi connectivity index (χ3n) is 5.05. The zero-order valence-electron chi connectivity index (χ0n) is 15.2. The second kappa shape index (κ2) is 7.63. The van der Waals surface area contributed by atoms with Crippen LogP contribution < -0.4 is 0 Å². The monoisotopic (exact) mass is 365 g/mol. The lowest BCUT2D eigenvalue weighted by atomic mass is 10.1. The van der Waals surface area contributed by atoms with Gasteiger partial charge in [-0.05, 0) is 36.8 Å². The largest absolute Gasteiger partial charge is 0.324 e. The van der Waals surface area contributed by atoms with Crippen LogP contribution in [0, 0.1) is 0 Å². The molecule has 0 saturated carbocycles. The smallest absolute Gasteiger partial charge is 0.160 e. The fourth-order valence-corrected chi connectivity index (χ4v) is 3.86. The summed E-state index contributed by atoms with van der Waals surface area (Å²) in [6.07, 6.45) is 7.70. The van der Waals surface area contributed by atoms with E-state index in [9.17, 15) is 0 Å². The van der Waals surface area contributed by atoms with E-state index in [0.717, 1.165) is 39.2 Å². The molecule has 3 nitrogen and oxygen atoms in total. The van der Waals surface area contributed by atoms with Crippen molar-refractivity contribution >= 4 is 44.7 Å². The average Bonchev–Trinajstić information content (AvgIpc) is 2.95. The molecule has 0 spiro atoms. The highest BCUT2D eigenvalue weighted by molar-refractivity contribution is 6.31. The summed E-state index contributed by atoms with van der Waals surface area (Å²) < 4.78 is 2.32. The van der Waals surface area contributed by atoms with Crippen molar-refractivity contribution in [2.45, 2.75) is 52.0 Å². The molecule has 4 heteroatoms. The summed E-state index contributed by atoms with van der Waals surface area (Å²) in [7, 11) is 0.